The maximum absolute atomic E-state index is 10.4. The first kappa shape index (κ1) is 10.3. The summed E-state index contributed by atoms with van der Waals surface area (Å²) >= 11 is 0. The molecule has 15 heavy (non-hydrogen) atoms. The highest BCUT2D eigenvalue weighted by molar-refractivity contribution is 5.66. The van der Waals surface area contributed by atoms with Crippen LogP contribution in [0.3, 0.4) is 0 Å². The number of carboxylic acid groups (broad SMARTS) is 1. The standard InChI is InChI=1S/C12H16O3/c13-12(14)7-6-10-8-9-4-2-1-3-5-11(9)15-10/h8H,1-7H2,(H,13,14). The summed E-state index contributed by atoms with van der Waals surface area (Å²) in [7, 11) is 0. The van der Waals surface area contributed by atoms with Crippen LogP contribution in [-0.4, -0.2) is 11.1 Å². The molecule has 0 atom stereocenters. The van der Waals surface area contributed by atoms with Gasteiger partial charge in [0.1, 0.15) is 11.5 Å². The van der Waals surface area contributed by atoms with Gasteiger partial charge in [0.15, 0.2) is 0 Å². The van der Waals surface area contributed by atoms with E-state index in [0.29, 0.717) is 6.42 Å². The third kappa shape index (κ3) is 2.61. The van der Waals surface area contributed by atoms with E-state index in [9.17, 15) is 4.79 Å². The predicted octanol–water partition coefficient (Wildman–Crippen LogP) is 2.57. The van der Waals surface area contributed by atoms with Crippen molar-refractivity contribution in [2.45, 2.75) is 44.9 Å². The Morgan fingerprint density at radius 2 is 2.13 bits per heavy atom. The molecule has 0 aromatic carbocycles. The maximum atomic E-state index is 10.4. The normalized spacial score (nSPS) is 15.7. The molecule has 0 radical (unpaired) electrons. The molecule has 1 heterocycles. The quantitative estimate of drug-likeness (QED) is 0.776. The second-order valence-electron chi connectivity index (χ2n) is 4.12. The summed E-state index contributed by atoms with van der Waals surface area (Å²) in [4.78, 5) is 10.4. The fraction of sp³-hybridized carbons (Fsp3) is 0.583. The summed E-state index contributed by atoms with van der Waals surface area (Å²) in [5, 5.41) is 8.58. The molecule has 0 aliphatic heterocycles. The molecule has 3 nitrogen and oxygen atoms in total. The molecule has 0 unspecified atom stereocenters. The molecule has 1 aromatic heterocycles. The largest absolute Gasteiger partial charge is 0.481 e. The lowest BCUT2D eigenvalue weighted by Gasteiger charge is -1.94. The van der Waals surface area contributed by atoms with Crippen molar-refractivity contribution in [1.29, 1.82) is 0 Å². The van der Waals surface area contributed by atoms with E-state index in [1.54, 1.807) is 0 Å². The number of rotatable bonds is 3. The van der Waals surface area contributed by atoms with Crippen molar-refractivity contribution in [3.63, 3.8) is 0 Å². The third-order valence-corrected chi connectivity index (χ3v) is 2.88. The average Bonchev–Trinajstić information content (AvgIpc) is 2.46. The van der Waals surface area contributed by atoms with E-state index in [-0.39, 0.29) is 6.42 Å². The van der Waals surface area contributed by atoms with Crippen LogP contribution in [0.2, 0.25) is 0 Å². The van der Waals surface area contributed by atoms with Gasteiger partial charge in [-0.25, -0.2) is 0 Å². The number of aliphatic carboxylic acids is 1. The first-order valence-electron chi connectivity index (χ1n) is 5.58. The molecule has 2 rings (SSSR count). The van der Waals surface area contributed by atoms with E-state index in [2.05, 4.69) is 0 Å². The van der Waals surface area contributed by atoms with Crippen LogP contribution in [0.25, 0.3) is 0 Å². The minimum Gasteiger partial charge on any atom is -0.481 e. The van der Waals surface area contributed by atoms with Gasteiger partial charge in [-0.05, 0) is 30.9 Å². The first-order valence-corrected chi connectivity index (χ1v) is 5.58. The van der Waals surface area contributed by atoms with E-state index < -0.39 is 5.97 Å². The van der Waals surface area contributed by atoms with Crippen molar-refractivity contribution in [3.05, 3.63) is 23.2 Å². The van der Waals surface area contributed by atoms with Gasteiger partial charge in [-0.2, -0.15) is 0 Å². The molecule has 0 saturated carbocycles. The fourth-order valence-electron chi connectivity index (χ4n) is 2.08. The van der Waals surface area contributed by atoms with E-state index in [0.717, 1.165) is 24.4 Å². The SMILES string of the molecule is O=C(O)CCc1cc2c(o1)CCCCC2. The Morgan fingerprint density at radius 3 is 2.93 bits per heavy atom. The Bertz CT molecular complexity index is 328. The van der Waals surface area contributed by atoms with Crippen LogP contribution in [0.1, 0.15) is 42.8 Å². The Morgan fingerprint density at radius 1 is 1.33 bits per heavy atom. The van der Waals surface area contributed by atoms with Gasteiger partial charge in [0, 0.05) is 12.8 Å². The third-order valence-electron chi connectivity index (χ3n) is 2.88. The highest BCUT2D eigenvalue weighted by Crippen LogP contribution is 2.24. The number of fused-ring (bicyclic) bond motifs is 1. The zero-order valence-corrected chi connectivity index (χ0v) is 8.79. The van der Waals surface area contributed by atoms with Crippen LogP contribution in [0, 0.1) is 0 Å². The number of carboxylic acids is 1. The van der Waals surface area contributed by atoms with Gasteiger partial charge in [-0.15, -0.1) is 0 Å². The molecular formula is C12H16O3. The van der Waals surface area contributed by atoms with Crippen LogP contribution < -0.4 is 0 Å². The van der Waals surface area contributed by atoms with Gasteiger partial charge >= 0.3 is 5.97 Å². The molecule has 0 fully saturated rings. The van der Waals surface area contributed by atoms with Crippen molar-refractivity contribution in [2.75, 3.05) is 0 Å². The van der Waals surface area contributed by atoms with Gasteiger partial charge in [-0.1, -0.05) is 6.42 Å². The monoisotopic (exact) mass is 208 g/mol. The molecule has 0 bridgehead atoms. The Labute approximate surface area is 89.1 Å². The van der Waals surface area contributed by atoms with E-state index in [4.69, 9.17) is 9.52 Å². The molecule has 0 spiro atoms. The highest BCUT2D eigenvalue weighted by Gasteiger charge is 2.14. The smallest absolute Gasteiger partial charge is 0.303 e. The van der Waals surface area contributed by atoms with Crippen LogP contribution in [0.15, 0.2) is 10.5 Å². The number of hydrogen-bond donors (Lipinski definition) is 1. The highest BCUT2D eigenvalue weighted by atomic mass is 16.4. The summed E-state index contributed by atoms with van der Waals surface area (Å²) in [6.07, 6.45) is 6.47. The molecule has 1 aliphatic carbocycles. The number of aryl methyl sites for hydroxylation is 3. The zero-order valence-electron chi connectivity index (χ0n) is 8.79. The molecule has 1 aliphatic rings. The van der Waals surface area contributed by atoms with Gasteiger partial charge in [0.25, 0.3) is 0 Å². The van der Waals surface area contributed by atoms with Crippen molar-refractivity contribution >= 4 is 5.97 Å². The maximum Gasteiger partial charge on any atom is 0.303 e. The van der Waals surface area contributed by atoms with Crippen molar-refractivity contribution in [2.24, 2.45) is 0 Å². The molecule has 1 aromatic rings. The number of furan rings is 1. The van der Waals surface area contributed by atoms with E-state index in [1.807, 2.05) is 6.07 Å². The Balaban J connectivity index is 2.05. The second kappa shape index (κ2) is 4.51. The summed E-state index contributed by atoms with van der Waals surface area (Å²) < 4.78 is 5.67. The minimum atomic E-state index is -0.762. The lowest BCUT2D eigenvalue weighted by Crippen LogP contribution is -1.96. The molecular weight excluding hydrogens is 192 g/mol. The predicted molar refractivity (Wildman–Crippen MR) is 55.9 cm³/mol. The van der Waals surface area contributed by atoms with Crippen LogP contribution in [0.4, 0.5) is 0 Å². The Hall–Kier alpha value is -1.25. The number of carbonyl (C=O) groups is 1. The van der Waals surface area contributed by atoms with Crippen LogP contribution >= 0.6 is 0 Å². The van der Waals surface area contributed by atoms with Crippen molar-refractivity contribution in [3.8, 4) is 0 Å². The molecule has 82 valence electrons. The summed E-state index contributed by atoms with van der Waals surface area (Å²) in [6.45, 7) is 0. The first-order chi connectivity index (χ1) is 7.25. The van der Waals surface area contributed by atoms with Gasteiger partial charge in [0.05, 0.1) is 6.42 Å². The van der Waals surface area contributed by atoms with Gasteiger partial charge in [-0.3, -0.25) is 4.79 Å². The Kier molecular flexibility index (Phi) is 3.09. The van der Waals surface area contributed by atoms with Crippen LogP contribution in [0.5, 0.6) is 0 Å². The lowest BCUT2D eigenvalue weighted by atomic mass is 10.1. The lowest BCUT2D eigenvalue weighted by molar-refractivity contribution is -0.137. The van der Waals surface area contributed by atoms with Crippen LogP contribution in [-0.2, 0) is 24.1 Å². The van der Waals surface area contributed by atoms with Gasteiger partial charge in [0.2, 0.25) is 0 Å². The summed E-state index contributed by atoms with van der Waals surface area (Å²) in [5.41, 5.74) is 1.30. The van der Waals surface area contributed by atoms with E-state index in [1.165, 1.54) is 24.8 Å². The van der Waals surface area contributed by atoms with Crippen molar-refractivity contribution < 1.29 is 14.3 Å². The minimum absolute atomic E-state index is 0.159. The topological polar surface area (TPSA) is 50.4 Å². The van der Waals surface area contributed by atoms with Crippen molar-refractivity contribution in [1.82, 2.24) is 0 Å². The second-order valence-corrected chi connectivity index (χ2v) is 4.12. The molecule has 0 saturated heterocycles. The zero-order chi connectivity index (χ0) is 10.7. The average molecular weight is 208 g/mol. The summed E-state index contributed by atoms with van der Waals surface area (Å²) in [5.74, 6) is 1.17. The molecule has 0 amide bonds. The number of hydrogen-bond acceptors (Lipinski definition) is 2. The summed E-state index contributed by atoms with van der Waals surface area (Å²) in [6, 6.07) is 2.05. The fourth-order valence-corrected chi connectivity index (χ4v) is 2.08. The van der Waals surface area contributed by atoms with Gasteiger partial charge < -0.3 is 9.52 Å². The van der Waals surface area contributed by atoms with E-state index >= 15 is 0 Å². The molecule has 1 N–H and O–H groups in total. The molecule has 3 heteroatoms.